The van der Waals surface area contributed by atoms with Gasteiger partial charge in [-0.1, -0.05) is 17.2 Å². The summed E-state index contributed by atoms with van der Waals surface area (Å²) >= 11 is 0. The van der Waals surface area contributed by atoms with Crippen LogP contribution in [0.2, 0.25) is 0 Å². The van der Waals surface area contributed by atoms with Crippen molar-refractivity contribution in [3.63, 3.8) is 0 Å². The maximum Gasteiger partial charge on any atom is 0.525 e. The molecule has 1 aromatic rings. The molecule has 0 aromatic heterocycles. The summed E-state index contributed by atoms with van der Waals surface area (Å²) in [6, 6.07) is 5.31. The summed E-state index contributed by atoms with van der Waals surface area (Å²) in [6.45, 7) is 0. The molecule has 2 rings (SSSR count). The number of nitrogens with zero attached hydrogens (tertiary/aromatic N) is 1. The molecule has 1 aromatic carbocycles. The quantitative estimate of drug-likeness (QED) is 0.626. The molecule has 10 heteroatoms. The van der Waals surface area contributed by atoms with E-state index >= 15 is 0 Å². The molecule has 0 saturated carbocycles. The Hall–Kier alpha value is -2.49. The maximum atomic E-state index is 12.9. The van der Waals surface area contributed by atoms with Crippen LogP contribution in [0.3, 0.4) is 0 Å². The van der Waals surface area contributed by atoms with Crippen LogP contribution in [0.4, 0.5) is 17.6 Å². The van der Waals surface area contributed by atoms with Gasteiger partial charge in [-0.2, -0.15) is 0 Å². The first-order chi connectivity index (χ1) is 9.70. The SMILES string of the molecule is O=C(ON1C(=O)c2ccccc2C1=O)C(F)OC(F)(F)F. The number of amides is 2. The van der Waals surface area contributed by atoms with Crippen molar-refractivity contribution in [2.45, 2.75) is 12.7 Å². The number of fused-ring (bicyclic) bond motifs is 1. The van der Waals surface area contributed by atoms with E-state index < -0.39 is 30.5 Å². The van der Waals surface area contributed by atoms with E-state index in [-0.39, 0.29) is 16.2 Å². The molecule has 0 spiro atoms. The number of benzene rings is 1. The lowest BCUT2D eigenvalue weighted by molar-refractivity contribution is -0.357. The highest BCUT2D eigenvalue weighted by molar-refractivity contribution is 6.20. The summed E-state index contributed by atoms with van der Waals surface area (Å²) < 4.78 is 50.8. The van der Waals surface area contributed by atoms with Crippen LogP contribution in [0.1, 0.15) is 20.7 Å². The molecule has 1 heterocycles. The Morgan fingerprint density at radius 2 is 1.57 bits per heavy atom. The second kappa shape index (κ2) is 5.13. The standard InChI is InChI=1S/C11H5F4NO5/c12-7(20-11(13,14)15)10(19)21-16-8(17)5-3-1-2-4-6(5)9(16)18/h1-4,7H. The molecule has 1 unspecified atom stereocenters. The first kappa shape index (κ1) is 14.9. The Morgan fingerprint density at radius 1 is 1.10 bits per heavy atom. The zero-order valence-corrected chi connectivity index (χ0v) is 9.89. The van der Waals surface area contributed by atoms with E-state index in [0.29, 0.717) is 0 Å². The largest absolute Gasteiger partial charge is 0.525 e. The minimum atomic E-state index is -5.42. The van der Waals surface area contributed by atoms with Gasteiger partial charge in [0.2, 0.25) is 0 Å². The van der Waals surface area contributed by atoms with Gasteiger partial charge in [-0.25, -0.2) is 13.9 Å². The highest BCUT2D eigenvalue weighted by atomic mass is 19.4. The fourth-order valence-electron chi connectivity index (χ4n) is 1.55. The van der Waals surface area contributed by atoms with E-state index in [4.69, 9.17) is 0 Å². The van der Waals surface area contributed by atoms with Crippen LogP contribution in [-0.4, -0.2) is 35.6 Å². The van der Waals surface area contributed by atoms with Crippen LogP contribution in [-0.2, 0) is 14.4 Å². The second-order valence-corrected chi connectivity index (χ2v) is 3.74. The van der Waals surface area contributed by atoms with Crippen molar-refractivity contribution in [2.75, 3.05) is 0 Å². The predicted molar refractivity (Wildman–Crippen MR) is 55.1 cm³/mol. The van der Waals surface area contributed by atoms with Gasteiger partial charge in [0.15, 0.2) is 0 Å². The first-order valence-electron chi connectivity index (χ1n) is 5.29. The molecule has 2 amide bonds. The molecule has 21 heavy (non-hydrogen) atoms. The summed E-state index contributed by atoms with van der Waals surface area (Å²) in [5.74, 6) is -4.37. The van der Waals surface area contributed by atoms with Crippen molar-refractivity contribution in [2.24, 2.45) is 0 Å². The third-order valence-corrected chi connectivity index (χ3v) is 2.36. The number of rotatable bonds is 3. The van der Waals surface area contributed by atoms with Gasteiger partial charge in [-0.05, 0) is 12.1 Å². The molecule has 1 atom stereocenters. The Labute approximate surface area is 113 Å². The number of imide groups is 1. The molecule has 112 valence electrons. The lowest BCUT2D eigenvalue weighted by atomic mass is 10.1. The monoisotopic (exact) mass is 307 g/mol. The van der Waals surface area contributed by atoms with E-state index in [1.807, 2.05) is 0 Å². The molecule has 0 bridgehead atoms. The van der Waals surface area contributed by atoms with Gasteiger partial charge in [-0.3, -0.25) is 9.59 Å². The molecule has 1 aliphatic rings. The van der Waals surface area contributed by atoms with Gasteiger partial charge in [-0.15, -0.1) is 13.2 Å². The predicted octanol–water partition coefficient (Wildman–Crippen LogP) is 1.57. The fraction of sp³-hybridized carbons (Fsp3) is 0.182. The summed E-state index contributed by atoms with van der Waals surface area (Å²) in [7, 11) is 0. The number of carbonyl (C=O) groups is 3. The Kier molecular flexibility index (Phi) is 3.64. The van der Waals surface area contributed by atoms with E-state index in [9.17, 15) is 31.9 Å². The molecule has 1 aliphatic heterocycles. The van der Waals surface area contributed by atoms with E-state index in [2.05, 4.69) is 9.57 Å². The third kappa shape index (κ3) is 2.99. The zero-order chi connectivity index (χ0) is 15.8. The van der Waals surface area contributed by atoms with E-state index in [1.54, 1.807) is 0 Å². The smallest absolute Gasteiger partial charge is 0.324 e. The van der Waals surface area contributed by atoms with Crippen LogP contribution >= 0.6 is 0 Å². The molecular formula is C11H5F4NO5. The van der Waals surface area contributed by atoms with Gasteiger partial charge in [0.25, 0.3) is 11.8 Å². The van der Waals surface area contributed by atoms with Crippen molar-refractivity contribution < 1.29 is 41.5 Å². The normalized spacial score (nSPS) is 15.9. The minimum absolute atomic E-state index is 0.123. The number of ether oxygens (including phenoxy) is 1. The maximum absolute atomic E-state index is 12.9. The van der Waals surface area contributed by atoms with Crippen molar-refractivity contribution in [3.05, 3.63) is 35.4 Å². The van der Waals surface area contributed by atoms with Gasteiger partial charge >= 0.3 is 18.7 Å². The molecule has 0 fully saturated rings. The fourth-order valence-corrected chi connectivity index (χ4v) is 1.55. The van der Waals surface area contributed by atoms with Crippen LogP contribution in [0, 0.1) is 0 Å². The summed E-state index contributed by atoms with van der Waals surface area (Å²) in [5.41, 5.74) is -0.245. The lowest BCUT2D eigenvalue weighted by Gasteiger charge is -2.15. The number of hydrogen-bond acceptors (Lipinski definition) is 5. The van der Waals surface area contributed by atoms with Gasteiger partial charge in [0, 0.05) is 0 Å². The molecular weight excluding hydrogens is 302 g/mol. The Bertz CT molecular complexity index is 580. The highest BCUT2D eigenvalue weighted by Gasteiger charge is 2.43. The Balaban J connectivity index is 2.10. The minimum Gasteiger partial charge on any atom is -0.324 e. The summed E-state index contributed by atoms with van der Waals surface area (Å²) in [5, 5.41) is -0.126. The molecule has 0 saturated heterocycles. The van der Waals surface area contributed by atoms with Crippen molar-refractivity contribution in [1.29, 1.82) is 0 Å². The summed E-state index contributed by atoms with van der Waals surface area (Å²) in [6.07, 6.45) is -8.94. The number of hydrogen-bond donors (Lipinski definition) is 0. The highest BCUT2D eigenvalue weighted by Crippen LogP contribution is 2.24. The number of hydroxylamine groups is 2. The Morgan fingerprint density at radius 3 is 2.00 bits per heavy atom. The topological polar surface area (TPSA) is 72.9 Å². The van der Waals surface area contributed by atoms with Crippen molar-refractivity contribution >= 4 is 17.8 Å². The van der Waals surface area contributed by atoms with Gasteiger partial charge in [0.05, 0.1) is 11.1 Å². The van der Waals surface area contributed by atoms with Crippen LogP contribution < -0.4 is 0 Å². The second-order valence-electron chi connectivity index (χ2n) is 3.74. The van der Waals surface area contributed by atoms with Gasteiger partial charge in [0.1, 0.15) is 0 Å². The molecule has 6 nitrogen and oxygen atoms in total. The number of carbonyl (C=O) groups excluding carboxylic acids is 3. The molecule has 0 radical (unpaired) electrons. The lowest BCUT2D eigenvalue weighted by Crippen LogP contribution is -2.38. The van der Waals surface area contributed by atoms with E-state index in [0.717, 1.165) is 0 Å². The van der Waals surface area contributed by atoms with Crippen molar-refractivity contribution in [3.8, 4) is 0 Å². The molecule has 0 aliphatic carbocycles. The third-order valence-electron chi connectivity index (χ3n) is 2.36. The van der Waals surface area contributed by atoms with Crippen LogP contribution in [0.25, 0.3) is 0 Å². The van der Waals surface area contributed by atoms with Crippen LogP contribution in [0.15, 0.2) is 24.3 Å². The van der Waals surface area contributed by atoms with E-state index in [1.165, 1.54) is 24.3 Å². The first-order valence-corrected chi connectivity index (χ1v) is 5.29. The number of halogens is 4. The average Bonchev–Trinajstić information content (AvgIpc) is 2.62. The average molecular weight is 307 g/mol. The zero-order valence-electron chi connectivity index (χ0n) is 9.89. The summed E-state index contributed by atoms with van der Waals surface area (Å²) in [4.78, 5) is 38.5. The molecule has 0 N–H and O–H groups in total. The number of alkyl halides is 4. The van der Waals surface area contributed by atoms with Crippen molar-refractivity contribution in [1.82, 2.24) is 5.06 Å². The van der Waals surface area contributed by atoms with Gasteiger partial charge < -0.3 is 4.84 Å². The van der Waals surface area contributed by atoms with Crippen LogP contribution in [0.5, 0.6) is 0 Å².